The molecule has 0 radical (unpaired) electrons. The Labute approximate surface area is 180 Å². The quantitative estimate of drug-likeness (QED) is 0.685. The van der Waals surface area contributed by atoms with Crippen molar-refractivity contribution in [3.05, 3.63) is 17.5 Å². The fourth-order valence-corrected chi connectivity index (χ4v) is 7.16. The number of carbonyl (C=O) groups is 3. The van der Waals surface area contributed by atoms with Gasteiger partial charge >= 0.3 is 6.03 Å². The summed E-state index contributed by atoms with van der Waals surface area (Å²) >= 11 is 1.16. The van der Waals surface area contributed by atoms with Crippen LogP contribution in [0.4, 0.5) is 4.79 Å². The van der Waals surface area contributed by atoms with Gasteiger partial charge in [-0.05, 0) is 30.2 Å². The molecule has 0 aromatic carbocycles. The number of imide groups is 1. The second-order valence-corrected chi connectivity index (χ2v) is 11.3. The first-order chi connectivity index (χ1) is 14.3. The van der Waals surface area contributed by atoms with Crippen LogP contribution >= 0.6 is 11.3 Å². The van der Waals surface area contributed by atoms with Gasteiger partial charge in [0.05, 0.1) is 0 Å². The minimum atomic E-state index is -3.55. The fourth-order valence-electron chi connectivity index (χ4n) is 4.59. The highest BCUT2D eigenvalue weighted by Gasteiger charge is 2.55. The molecule has 3 aliphatic rings. The third-order valence-corrected chi connectivity index (χ3v) is 9.75. The Balaban J connectivity index is 1.37. The molecule has 1 aromatic heterocycles. The average molecular weight is 455 g/mol. The summed E-state index contributed by atoms with van der Waals surface area (Å²) in [5.41, 5.74) is -0.886. The average Bonchev–Trinajstić information content (AvgIpc) is 3.35. The molecule has 164 valence electrons. The first-order valence-corrected chi connectivity index (χ1v) is 12.5. The number of hydrogen-bond acceptors (Lipinski definition) is 6. The molecule has 1 aliphatic carbocycles. The van der Waals surface area contributed by atoms with Crippen molar-refractivity contribution in [3.63, 3.8) is 0 Å². The number of hydrogen-bond donors (Lipinski definition) is 1. The monoisotopic (exact) mass is 454 g/mol. The van der Waals surface area contributed by atoms with Gasteiger partial charge in [0.1, 0.15) is 16.3 Å². The summed E-state index contributed by atoms with van der Waals surface area (Å²) in [5.74, 6) is -0.618. The first kappa shape index (κ1) is 21.3. The number of sulfonamides is 1. The summed E-state index contributed by atoms with van der Waals surface area (Å²) in [7, 11) is -3.55. The highest BCUT2D eigenvalue weighted by molar-refractivity contribution is 7.91. The fraction of sp³-hybridized carbons (Fsp3) is 0.632. The van der Waals surface area contributed by atoms with Crippen LogP contribution < -0.4 is 5.32 Å². The van der Waals surface area contributed by atoms with E-state index in [0.717, 1.165) is 35.5 Å². The van der Waals surface area contributed by atoms with Crippen molar-refractivity contribution in [3.8, 4) is 0 Å². The second-order valence-electron chi connectivity index (χ2n) is 8.16. The number of carbonyl (C=O) groups excluding carboxylic acids is 3. The van der Waals surface area contributed by atoms with Crippen molar-refractivity contribution >= 4 is 39.2 Å². The summed E-state index contributed by atoms with van der Waals surface area (Å²) in [6.07, 6.45) is 3.37. The van der Waals surface area contributed by atoms with Crippen molar-refractivity contribution in [2.24, 2.45) is 5.92 Å². The van der Waals surface area contributed by atoms with Crippen LogP contribution in [0.2, 0.25) is 0 Å². The molecule has 2 saturated heterocycles. The van der Waals surface area contributed by atoms with Gasteiger partial charge in [-0.1, -0.05) is 25.8 Å². The molecule has 9 nitrogen and oxygen atoms in total. The number of rotatable bonds is 4. The summed E-state index contributed by atoms with van der Waals surface area (Å²) in [5, 5.41) is 4.56. The summed E-state index contributed by atoms with van der Waals surface area (Å²) < 4.78 is 26.9. The van der Waals surface area contributed by atoms with Gasteiger partial charge in [0, 0.05) is 26.2 Å². The Morgan fingerprint density at radius 2 is 1.97 bits per heavy atom. The predicted octanol–water partition coefficient (Wildman–Crippen LogP) is 1.08. The minimum Gasteiger partial charge on any atom is -0.338 e. The number of amides is 4. The summed E-state index contributed by atoms with van der Waals surface area (Å²) in [6, 6.07) is 2.74. The molecule has 30 heavy (non-hydrogen) atoms. The molecule has 11 heteroatoms. The Morgan fingerprint density at radius 3 is 2.60 bits per heavy atom. The lowest BCUT2D eigenvalue weighted by atomic mass is 9.73. The van der Waals surface area contributed by atoms with E-state index < -0.39 is 21.6 Å². The van der Waals surface area contributed by atoms with E-state index in [1.54, 1.807) is 17.5 Å². The molecular weight excluding hydrogens is 428 g/mol. The van der Waals surface area contributed by atoms with Crippen LogP contribution in [0.5, 0.6) is 0 Å². The van der Waals surface area contributed by atoms with Gasteiger partial charge in [-0.3, -0.25) is 14.5 Å². The maximum atomic E-state index is 13.0. The van der Waals surface area contributed by atoms with Gasteiger partial charge < -0.3 is 10.2 Å². The zero-order chi connectivity index (χ0) is 21.5. The van der Waals surface area contributed by atoms with Crippen molar-refractivity contribution in [1.82, 2.24) is 19.4 Å². The molecule has 3 heterocycles. The van der Waals surface area contributed by atoms with E-state index in [0.29, 0.717) is 6.42 Å². The maximum absolute atomic E-state index is 13.0. The first-order valence-electron chi connectivity index (χ1n) is 10.2. The third kappa shape index (κ3) is 3.52. The zero-order valence-corrected chi connectivity index (χ0v) is 18.5. The number of piperazine rings is 1. The second kappa shape index (κ2) is 7.93. The lowest BCUT2D eigenvalue weighted by Gasteiger charge is -2.37. The smallest absolute Gasteiger partial charge is 0.325 e. The standard InChI is InChI=1S/C19H26N4O5S2/c1-14-5-2-3-7-19(14)17(25)23(18(26)20-19)13-15(24)21-8-10-22(11-9-21)30(27,28)16-6-4-12-29-16/h4,6,12,14H,2-3,5,7-11,13H2,1H3,(H,20,26)/t14-,19-/m1/s1. The molecule has 1 aromatic rings. The molecular formula is C19H26N4O5S2. The molecule has 2 aliphatic heterocycles. The Morgan fingerprint density at radius 1 is 1.23 bits per heavy atom. The van der Waals surface area contributed by atoms with Gasteiger partial charge in [-0.25, -0.2) is 13.2 Å². The third-order valence-electron chi connectivity index (χ3n) is 6.48. The van der Waals surface area contributed by atoms with Gasteiger partial charge in [-0.2, -0.15) is 4.31 Å². The van der Waals surface area contributed by atoms with Crippen molar-refractivity contribution in [1.29, 1.82) is 0 Å². The Bertz CT molecular complexity index is 940. The van der Waals surface area contributed by atoms with Crippen molar-refractivity contribution in [2.75, 3.05) is 32.7 Å². The van der Waals surface area contributed by atoms with Gasteiger partial charge in [0.2, 0.25) is 5.91 Å². The molecule has 0 bridgehead atoms. The van der Waals surface area contributed by atoms with Gasteiger partial charge in [-0.15, -0.1) is 11.3 Å². The van der Waals surface area contributed by atoms with Crippen LogP contribution in [0.15, 0.2) is 21.7 Å². The lowest BCUT2D eigenvalue weighted by Crippen LogP contribution is -2.55. The van der Waals surface area contributed by atoms with Crippen LogP contribution in [-0.4, -0.2) is 78.6 Å². The summed E-state index contributed by atoms with van der Waals surface area (Å²) in [6.45, 7) is 2.50. The van der Waals surface area contributed by atoms with Crippen molar-refractivity contribution < 1.29 is 22.8 Å². The lowest BCUT2D eigenvalue weighted by molar-refractivity contribution is -0.141. The minimum absolute atomic E-state index is 0.0359. The van der Waals surface area contributed by atoms with Crippen molar-refractivity contribution in [2.45, 2.75) is 42.4 Å². The molecule has 0 unspecified atom stereocenters. The number of nitrogens with one attached hydrogen (secondary N) is 1. The molecule has 1 N–H and O–H groups in total. The molecule has 4 rings (SSSR count). The largest absolute Gasteiger partial charge is 0.338 e. The number of nitrogens with zero attached hydrogens (tertiary/aromatic N) is 3. The molecule has 1 saturated carbocycles. The van der Waals surface area contributed by atoms with Gasteiger partial charge in [0.15, 0.2) is 0 Å². The number of thiophene rings is 1. The molecule has 4 amide bonds. The SMILES string of the molecule is C[C@@H]1CCCC[C@@]12NC(=O)N(CC(=O)N1CCN(S(=O)(=O)c3cccs3)CC1)C2=O. The number of urea groups is 1. The van der Waals surface area contributed by atoms with E-state index in [4.69, 9.17) is 0 Å². The van der Waals surface area contributed by atoms with Crippen LogP contribution in [0.25, 0.3) is 0 Å². The van der Waals surface area contributed by atoms with E-state index in [9.17, 15) is 22.8 Å². The topological polar surface area (TPSA) is 107 Å². The van der Waals surface area contributed by atoms with Gasteiger partial charge in [0.25, 0.3) is 15.9 Å². The molecule has 3 fully saturated rings. The zero-order valence-electron chi connectivity index (χ0n) is 16.9. The highest BCUT2D eigenvalue weighted by Crippen LogP contribution is 2.38. The molecule has 1 spiro atoms. The van der Waals surface area contributed by atoms with E-state index in [1.807, 2.05) is 6.92 Å². The van der Waals surface area contributed by atoms with E-state index in [1.165, 1.54) is 9.21 Å². The van der Waals surface area contributed by atoms with Crippen LogP contribution in [0.1, 0.15) is 32.6 Å². The van der Waals surface area contributed by atoms with E-state index in [-0.39, 0.29) is 54.7 Å². The van der Waals surface area contributed by atoms with E-state index >= 15 is 0 Å². The van der Waals surface area contributed by atoms with Crippen LogP contribution in [-0.2, 0) is 19.6 Å². The Kier molecular flexibility index (Phi) is 5.62. The van der Waals surface area contributed by atoms with Crippen LogP contribution in [0.3, 0.4) is 0 Å². The van der Waals surface area contributed by atoms with Crippen LogP contribution in [0, 0.1) is 5.92 Å². The summed E-state index contributed by atoms with van der Waals surface area (Å²) in [4.78, 5) is 40.8. The Hall–Kier alpha value is -1.98. The molecule has 2 atom stereocenters. The highest BCUT2D eigenvalue weighted by atomic mass is 32.2. The normalized spacial score (nSPS) is 28.2. The maximum Gasteiger partial charge on any atom is 0.325 e. The predicted molar refractivity (Wildman–Crippen MR) is 110 cm³/mol. The van der Waals surface area contributed by atoms with E-state index in [2.05, 4.69) is 5.32 Å².